The quantitative estimate of drug-likeness (QED) is 0.820. The molecule has 0 heterocycles. The highest BCUT2D eigenvalue weighted by Gasteiger charge is 2.17. The van der Waals surface area contributed by atoms with Crippen molar-refractivity contribution in [2.24, 2.45) is 5.41 Å². The van der Waals surface area contributed by atoms with Crippen molar-refractivity contribution in [1.82, 2.24) is 5.32 Å². The monoisotopic (exact) mass is 253 g/mol. The van der Waals surface area contributed by atoms with Crippen molar-refractivity contribution in [1.29, 1.82) is 0 Å². The zero-order chi connectivity index (χ0) is 13.1. The van der Waals surface area contributed by atoms with Crippen molar-refractivity contribution in [3.63, 3.8) is 0 Å². The zero-order valence-electron chi connectivity index (χ0n) is 10.9. The van der Waals surface area contributed by atoms with E-state index < -0.39 is 0 Å². The van der Waals surface area contributed by atoms with Gasteiger partial charge in [-0.1, -0.05) is 31.0 Å². The highest BCUT2D eigenvalue weighted by Crippen LogP contribution is 2.15. The van der Waals surface area contributed by atoms with E-state index in [1.165, 1.54) is 0 Å². The fourth-order valence-corrected chi connectivity index (χ4v) is 1.67. The Morgan fingerprint density at radius 3 is 2.24 bits per heavy atom. The Hall–Kier alpha value is -1.02. The molecule has 0 spiro atoms. The first-order chi connectivity index (χ1) is 7.84. The van der Waals surface area contributed by atoms with Gasteiger partial charge in [-0.3, -0.25) is 4.79 Å². The summed E-state index contributed by atoms with van der Waals surface area (Å²) in [6, 6.07) is 5.85. The van der Waals surface area contributed by atoms with Gasteiger partial charge in [0.15, 0.2) is 0 Å². The van der Waals surface area contributed by atoms with Gasteiger partial charge in [-0.2, -0.15) is 0 Å². The van der Waals surface area contributed by atoms with E-state index in [1.54, 1.807) is 0 Å². The molecule has 94 valence electrons. The molecule has 2 nitrogen and oxygen atoms in total. The molecule has 1 rings (SSSR count). The van der Waals surface area contributed by atoms with Gasteiger partial charge in [-0.15, -0.1) is 11.6 Å². The van der Waals surface area contributed by atoms with Crippen molar-refractivity contribution < 1.29 is 4.79 Å². The molecule has 0 saturated heterocycles. The van der Waals surface area contributed by atoms with Gasteiger partial charge < -0.3 is 5.32 Å². The molecule has 0 aromatic heterocycles. The van der Waals surface area contributed by atoms with Gasteiger partial charge >= 0.3 is 0 Å². The summed E-state index contributed by atoms with van der Waals surface area (Å²) in [7, 11) is 0. The Labute approximate surface area is 108 Å². The molecular weight excluding hydrogens is 234 g/mol. The molecule has 0 radical (unpaired) electrons. The topological polar surface area (TPSA) is 29.1 Å². The number of alkyl halides is 1. The average molecular weight is 254 g/mol. The zero-order valence-corrected chi connectivity index (χ0v) is 11.7. The number of rotatable bonds is 4. The number of carbonyl (C=O) groups excluding carboxylic acids is 1. The van der Waals surface area contributed by atoms with E-state index in [-0.39, 0.29) is 11.3 Å². The van der Waals surface area contributed by atoms with E-state index in [0.717, 1.165) is 11.1 Å². The molecular formula is C14H20ClNO. The first kappa shape index (κ1) is 14.0. The van der Waals surface area contributed by atoms with Gasteiger partial charge in [0.25, 0.3) is 5.91 Å². The van der Waals surface area contributed by atoms with E-state index >= 15 is 0 Å². The summed E-state index contributed by atoms with van der Waals surface area (Å²) in [6.45, 7) is 8.63. The van der Waals surface area contributed by atoms with Crippen molar-refractivity contribution >= 4 is 17.5 Å². The molecule has 1 aromatic rings. The van der Waals surface area contributed by atoms with Gasteiger partial charge in [-0.05, 0) is 31.4 Å². The van der Waals surface area contributed by atoms with Crippen LogP contribution in [-0.2, 0) is 0 Å². The largest absolute Gasteiger partial charge is 0.351 e. The third kappa shape index (κ3) is 4.39. The lowest BCUT2D eigenvalue weighted by molar-refractivity contribution is 0.0939. The predicted molar refractivity (Wildman–Crippen MR) is 72.8 cm³/mol. The summed E-state index contributed by atoms with van der Waals surface area (Å²) in [5.74, 6) is 0.495. The van der Waals surface area contributed by atoms with Gasteiger partial charge in [0, 0.05) is 18.0 Å². The maximum absolute atomic E-state index is 12.0. The number of benzene rings is 1. The van der Waals surface area contributed by atoms with Crippen LogP contribution < -0.4 is 5.32 Å². The van der Waals surface area contributed by atoms with Gasteiger partial charge in [-0.25, -0.2) is 0 Å². The molecule has 1 N–H and O–H groups in total. The molecule has 0 saturated carbocycles. The first-order valence-electron chi connectivity index (χ1n) is 5.76. The van der Waals surface area contributed by atoms with Crippen LogP contribution >= 0.6 is 11.6 Å². The second kappa shape index (κ2) is 5.54. The lowest BCUT2D eigenvalue weighted by atomic mass is 9.96. The molecule has 3 heteroatoms. The maximum Gasteiger partial charge on any atom is 0.251 e. The van der Waals surface area contributed by atoms with Crippen LogP contribution in [0.4, 0.5) is 0 Å². The third-order valence-corrected chi connectivity index (χ3v) is 3.30. The number of nitrogens with one attached hydrogen (secondary N) is 1. The number of halogens is 1. The summed E-state index contributed by atoms with van der Waals surface area (Å²) in [5, 5.41) is 2.92. The number of hydrogen-bond acceptors (Lipinski definition) is 1. The molecule has 0 atom stereocenters. The minimum absolute atomic E-state index is 0.0324. The number of hydrogen-bond donors (Lipinski definition) is 1. The molecule has 1 aromatic carbocycles. The Morgan fingerprint density at radius 1 is 1.24 bits per heavy atom. The SMILES string of the molecule is Cc1cc(C)cc(C(=O)NCC(C)(C)CCl)c1. The molecule has 0 bridgehead atoms. The Kier molecular flexibility index (Phi) is 4.58. The van der Waals surface area contributed by atoms with E-state index in [2.05, 4.69) is 11.4 Å². The van der Waals surface area contributed by atoms with Crippen LogP contribution in [0.3, 0.4) is 0 Å². The van der Waals surface area contributed by atoms with Crippen molar-refractivity contribution in [3.05, 3.63) is 34.9 Å². The van der Waals surface area contributed by atoms with Gasteiger partial charge in [0.2, 0.25) is 0 Å². The van der Waals surface area contributed by atoms with Crippen LogP contribution in [0.1, 0.15) is 35.3 Å². The molecule has 0 unspecified atom stereocenters. The lowest BCUT2D eigenvalue weighted by Crippen LogP contribution is -2.35. The maximum atomic E-state index is 12.0. The van der Waals surface area contributed by atoms with Crippen molar-refractivity contribution in [3.8, 4) is 0 Å². The van der Waals surface area contributed by atoms with E-state index in [0.29, 0.717) is 18.0 Å². The fraction of sp³-hybridized carbons (Fsp3) is 0.500. The van der Waals surface area contributed by atoms with Crippen LogP contribution in [0.5, 0.6) is 0 Å². The van der Waals surface area contributed by atoms with Crippen LogP contribution in [-0.4, -0.2) is 18.3 Å². The lowest BCUT2D eigenvalue weighted by Gasteiger charge is -2.21. The second-order valence-corrected chi connectivity index (χ2v) is 5.62. The predicted octanol–water partition coefficient (Wildman–Crippen LogP) is 3.30. The molecule has 0 aliphatic heterocycles. The summed E-state index contributed by atoms with van der Waals surface area (Å²) in [6.07, 6.45) is 0. The van der Waals surface area contributed by atoms with E-state index in [9.17, 15) is 4.79 Å². The number of amides is 1. The highest BCUT2D eigenvalue weighted by atomic mass is 35.5. The standard InChI is InChI=1S/C14H20ClNO/c1-10-5-11(2)7-12(6-10)13(17)16-9-14(3,4)8-15/h5-7H,8-9H2,1-4H3,(H,16,17). The molecule has 17 heavy (non-hydrogen) atoms. The second-order valence-electron chi connectivity index (χ2n) is 5.36. The Bertz CT molecular complexity index is 392. The Morgan fingerprint density at radius 2 is 1.76 bits per heavy atom. The highest BCUT2D eigenvalue weighted by molar-refractivity contribution is 6.18. The van der Waals surface area contributed by atoms with Crippen LogP contribution in [0, 0.1) is 19.3 Å². The summed E-state index contributed by atoms with van der Waals surface area (Å²) in [5.41, 5.74) is 2.85. The van der Waals surface area contributed by atoms with Crippen molar-refractivity contribution in [2.45, 2.75) is 27.7 Å². The minimum Gasteiger partial charge on any atom is -0.351 e. The number of carbonyl (C=O) groups is 1. The molecule has 1 amide bonds. The van der Waals surface area contributed by atoms with E-state index in [4.69, 9.17) is 11.6 Å². The van der Waals surface area contributed by atoms with Crippen LogP contribution in [0.2, 0.25) is 0 Å². The van der Waals surface area contributed by atoms with E-state index in [1.807, 2.05) is 39.8 Å². The fourth-order valence-electron chi connectivity index (χ4n) is 1.57. The van der Waals surface area contributed by atoms with Crippen LogP contribution in [0.25, 0.3) is 0 Å². The first-order valence-corrected chi connectivity index (χ1v) is 6.30. The van der Waals surface area contributed by atoms with Crippen LogP contribution in [0.15, 0.2) is 18.2 Å². The van der Waals surface area contributed by atoms with Gasteiger partial charge in [0.1, 0.15) is 0 Å². The number of aryl methyl sites for hydroxylation is 2. The van der Waals surface area contributed by atoms with Crippen molar-refractivity contribution in [2.75, 3.05) is 12.4 Å². The summed E-state index contributed by atoms with van der Waals surface area (Å²) >= 11 is 5.82. The molecule has 0 fully saturated rings. The molecule has 0 aliphatic rings. The Balaban J connectivity index is 2.70. The normalized spacial score (nSPS) is 11.4. The van der Waals surface area contributed by atoms with Gasteiger partial charge in [0.05, 0.1) is 0 Å². The summed E-state index contributed by atoms with van der Waals surface area (Å²) in [4.78, 5) is 12.0. The smallest absolute Gasteiger partial charge is 0.251 e. The third-order valence-electron chi connectivity index (χ3n) is 2.57. The minimum atomic E-state index is -0.0733. The summed E-state index contributed by atoms with van der Waals surface area (Å²) < 4.78 is 0. The average Bonchev–Trinajstić information content (AvgIpc) is 2.24. The molecule has 0 aliphatic carbocycles.